The monoisotopic (exact) mass is 675 g/mol. The predicted octanol–water partition coefficient (Wildman–Crippen LogP) is 6.57. The van der Waals surface area contributed by atoms with Gasteiger partial charge < -0.3 is 15.0 Å². The number of carbonyl (C=O) groups is 2. The summed E-state index contributed by atoms with van der Waals surface area (Å²) in [4.78, 5) is 30.1. The Labute approximate surface area is 283 Å². The third kappa shape index (κ3) is 9.14. The van der Waals surface area contributed by atoms with Gasteiger partial charge in [-0.1, -0.05) is 97.7 Å². The number of methoxy groups -OCH3 is 1. The van der Waals surface area contributed by atoms with E-state index in [1.165, 1.54) is 30.2 Å². The van der Waals surface area contributed by atoms with Gasteiger partial charge >= 0.3 is 0 Å². The van der Waals surface area contributed by atoms with E-state index in [1.807, 2.05) is 82.3 Å². The van der Waals surface area contributed by atoms with Crippen LogP contribution in [0.15, 0.2) is 102 Å². The van der Waals surface area contributed by atoms with E-state index in [9.17, 15) is 18.0 Å². The van der Waals surface area contributed by atoms with Crippen molar-refractivity contribution in [2.45, 2.75) is 51.6 Å². The van der Waals surface area contributed by atoms with E-state index in [4.69, 9.17) is 16.3 Å². The summed E-state index contributed by atoms with van der Waals surface area (Å²) in [5.41, 5.74) is 3.73. The lowest BCUT2D eigenvalue weighted by Crippen LogP contribution is -2.53. The van der Waals surface area contributed by atoms with Crippen molar-refractivity contribution < 1.29 is 22.7 Å². The van der Waals surface area contributed by atoms with Crippen LogP contribution in [0.1, 0.15) is 36.1 Å². The number of halogens is 1. The normalized spacial score (nSPS) is 12.0. The van der Waals surface area contributed by atoms with Crippen LogP contribution in [-0.2, 0) is 32.6 Å². The first-order chi connectivity index (χ1) is 22.4. The predicted molar refractivity (Wildman–Crippen MR) is 187 cm³/mol. The molecular formula is C37H42ClN3O5S. The van der Waals surface area contributed by atoms with Crippen molar-refractivity contribution in [3.05, 3.63) is 124 Å². The van der Waals surface area contributed by atoms with Crippen molar-refractivity contribution in [3.63, 3.8) is 0 Å². The molecule has 0 saturated heterocycles. The molecule has 10 heteroatoms. The number of rotatable bonds is 14. The first-order valence-corrected chi connectivity index (χ1v) is 17.3. The fourth-order valence-electron chi connectivity index (χ4n) is 5.12. The van der Waals surface area contributed by atoms with Crippen LogP contribution >= 0.6 is 11.6 Å². The molecule has 0 fully saturated rings. The number of ether oxygens (including phenoxy) is 1. The molecule has 4 rings (SSSR count). The summed E-state index contributed by atoms with van der Waals surface area (Å²) in [6.45, 7) is 7.74. The molecule has 4 aromatic carbocycles. The topological polar surface area (TPSA) is 96.0 Å². The lowest BCUT2D eigenvalue weighted by Gasteiger charge is -2.34. The molecular weight excluding hydrogens is 634 g/mol. The van der Waals surface area contributed by atoms with Gasteiger partial charge in [0.1, 0.15) is 18.3 Å². The molecule has 0 radical (unpaired) electrons. The van der Waals surface area contributed by atoms with E-state index in [0.29, 0.717) is 12.3 Å². The largest absolute Gasteiger partial charge is 0.495 e. The highest BCUT2D eigenvalue weighted by Gasteiger charge is 2.35. The van der Waals surface area contributed by atoms with Gasteiger partial charge in [-0.05, 0) is 66.8 Å². The molecule has 8 nitrogen and oxygen atoms in total. The van der Waals surface area contributed by atoms with Gasteiger partial charge in [0.25, 0.3) is 10.0 Å². The maximum absolute atomic E-state index is 14.6. The molecule has 248 valence electrons. The number of benzene rings is 4. The number of sulfonamides is 1. The van der Waals surface area contributed by atoms with Crippen molar-refractivity contribution in [2.24, 2.45) is 5.92 Å². The molecule has 0 aliphatic carbocycles. The van der Waals surface area contributed by atoms with Gasteiger partial charge in [0.05, 0.1) is 22.7 Å². The Bertz CT molecular complexity index is 1780. The minimum absolute atomic E-state index is 0.0174. The maximum atomic E-state index is 14.6. The summed E-state index contributed by atoms with van der Waals surface area (Å²) in [5.74, 6) is -0.311. The number of nitrogens with one attached hydrogen (secondary N) is 1. The van der Waals surface area contributed by atoms with Gasteiger partial charge in [0, 0.05) is 19.5 Å². The van der Waals surface area contributed by atoms with Crippen molar-refractivity contribution in [1.29, 1.82) is 0 Å². The van der Waals surface area contributed by atoms with Gasteiger partial charge in [-0.3, -0.25) is 13.9 Å². The number of anilines is 1. The minimum atomic E-state index is -4.26. The first-order valence-electron chi connectivity index (χ1n) is 15.5. The number of carbonyl (C=O) groups excluding carboxylic acids is 2. The van der Waals surface area contributed by atoms with Crippen LogP contribution in [0.5, 0.6) is 5.75 Å². The van der Waals surface area contributed by atoms with Gasteiger partial charge in [-0.2, -0.15) is 0 Å². The molecule has 47 heavy (non-hydrogen) atoms. The molecule has 0 aliphatic rings. The van der Waals surface area contributed by atoms with Crippen LogP contribution in [-0.4, -0.2) is 51.4 Å². The summed E-state index contributed by atoms with van der Waals surface area (Å²) in [6.07, 6.45) is 0.238. The third-order valence-electron chi connectivity index (χ3n) is 7.87. The summed E-state index contributed by atoms with van der Waals surface area (Å²) in [5, 5.41) is 3.20. The fourth-order valence-corrected chi connectivity index (χ4v) is 6.78. The zero-order valence-corrected chi connectivity index (χ0v) is 29.0. The van der Waals surface area contributed by atoms with Crippen molar-refractivity contribution >= 4 is 39.1 Å². The highest BCUT2D eigenvalue weighted by Crippen LogP contribution is 2.32. The SMILES string of the molecule is COc1ccc(N(CC(=O)N(Cc2ccccc2C)[C@H](Cc2ccccc2)C(=O)NCC(C)C)S(=O)(=O)c2ccc(C)cc2)cc1Cl. The lowest BCUT2D eigenvalue weighted by molar-refractivity contribution is -0.140. The van der Waals surface area contributed by atoms with Gasteiger partial charge in [-0.15, -0.1) is 0 Å². The summed E-state index contributed by atoms with van der Waals surface area (Å²) in [6, 6.07) is 27.2. The minimum Gasteiger partial charge on any atom is -0.495 e. The van der Waals surface area contributed by atoms with E-state index in [-0.39, 0.29) is 40.4 Å². The molecule has 0 heterocycles. The molecule has 0 spiro atoms. The Hall–Kier alpha value is -4.34. The van der Waals surface area contributed by atoms with Crippen LogP contribution in [0.3, 0.4) is 0 Å². The van der Waals surface area contributed by atoms with Crippen LogP contribution in [0, 0.1) is 19.8 Å². The van der Waals surface area contributed by atoms with E-state index in [1.54, 1.807) is 24.3 Å². The lowest BCUT2D eigenvalue weighted by atomic mass is 10.0. The smallest absolute Gasteiger partial charge is 0.264 e. The van der Waals surface area contributed by atoms with E-state index >= 15 is 0 Å². The zero-order valence-electron chi connectivity index (χ0n) is 27.4. The van der Waals surface area contributed by atoms with Gasteiger partial charge in [-0.25, -0.2) is 8.42 Å². The Morgan fingerprint density at radius 1 is 0.894 bits per heavy atom. The Kier molecular flexibility index (Phi) is 12.1. The van der Waals surface area contributed by atoms with Crippen molar-refractivity contribution in [2.75, 3.05) is 24.5 Å². The standard InChI is InChI=1S/C37H42ClN3O5S/c1-26(2)23-39-37(43)34(21-29-12-7-6-8-13-29)40(24-30-14-10-9-11-28(30)4)36(42)25-41(31-17-20-35(46-5)33(38)22-31)47(44,45)32-18-15-27(3)16-19-32/h6-20,22,26,34H,21,23-25H2,1-5H3,(H,39,43)/t34-/m1/s1. The van der Waals surface area contributed by atoms with Crippen LogP contribution in [0.4, 0.5) is 5.69 Å². The van der Waals surface area contributed by atoms with Crippen molar-refractivity contribution in [1.82, 2.24) is 10.2 Å². The molecule has 0 aromatic heterocycles. The van der Waals surface area contributed by atoms with E-state index in [0.717, 1.165) is 26.6 Å². The number of nitrogens with zero attached hydrogens (tertiary/aromatic N) is 2. The first kappa shape index (κ1) is 35.5. The maximum Gasteiger partial charge on any atom is 0.264 e. The number of hydrogen-bond acceptors (Lipinski definition) is 5. The zero-order chi connectivity index (χ0) is 34.1. The van der Waals surface area contributed by atoms with Crippen LogP contribution in [0.2, 0.25) is 5.02 Å². The second-order valence-corrected chi connectivity index (χ2v) is 14.2. The Balaban J connectivity index is 1.83. The van der Waals surface area contributed by atoms with Crippen LogP contribution in [0.25, 0.3) is 0 Å². The molecule has 1 atom stereocenters. The van der Waals surface area contributed by atoms with Gasteiger partial charge in [0.2, 0.25) is 11.8 Å². The molecule has 4 aromatic rings. The Morgan fingerprint density at radius 3 is 2.17 bits per heavy atom. The summed E-state index contributed by atoms with van der Waals surface area (Å²) < 4.78 is 34.8. The fraction of sp³-hybridized carbons (Fsp3) is 0.297. The van der Waals surface area contributed by atoms with Gasteiger partial charge in [0.15, 0.2) is 0 Å². The number of amides is 2. The highest BCUT2D eigenvalue weighted by atomic mass is 35.5. The van der Waals surface area contributed by atoms with Crippen LogP contribution < -0.4 is 14.4 Å². The summed E-state index contributed by atoms with van der Waals surface area (Å²) in [7, 11) is -2.79. The van der Waals surface area contributed by atoms with Crippen molar-refractivity contribution in [3.8, 4) is 5.75 Å². The average Bonchev–Trinajstić information content (AvgIpc) is 3.05. The third-order valence-corrected chi connectivity index (χ3v) is 9.95. The number of hydrogen-bond donors (Lipinski definition) is 1. The average molecular weight is 676 g/mol. The quantitative estimate of drug-likeness (QED) is 0.163. The van der Waals surface area contributed by atoms with E-state index < -0.39 is 28.5 Å². The molecule has 0 aliphatic heterocycles. The Morgan fingerprint density at radius 2 is 1.55 bits per heavy atom. The molecule has 0 saturated carbocycles. The highest BCUT2D eigenvalue weighted by molar-refractivity contribution is 7.92. The molecule has 2 amide bonds. The molecule has 0 unspecified atom stereocenters. The molecule has 0 bridgehead atoms. The second kappa shape index (κ2) is 16.0. The summed E-state index contributed by atoms with van der Waals surface area (Å²) >= 11 is 6.46. The second-order valence-electron chi connectivity index (χ2n) is 11.9. The number of aryl methyl sites for hydroxylation is 2. The van der Waals surface area contributed by atoms with E-state index in [2.05, 4.69) is 5.32 Å². The molecule has 1 N–H and O–H groups in total.